The molecule has 0 spiro atoms. The van der Waals surface area contributed by atoms with Gasteiger partial charge in [-0.2, -0.15) is 0 Å². The summed E-state index contributed by atoms with van der Waals surface area (Å²) in [6.45, 7) is 8.30. The molecule has 0 aromatic heterocycles. The van der Waals surface area contributed by atoms with Crippen molar-refractivity contribution in [1.82, 2.24) is 5.32 Å². The van der Waals surface area contributed by atoms with E-state index in [9.17, 15) is 14.4 Å². The van der Waals surface area contributed by atoms with Crippen LogP contribution in [0.1, 0.15) is 17.3 Å². The van der Waals surface area contributed by atoms with Crippen molar-refractivity contribution in [2.45, 2.75) is 18.3 Å². The highest BCUT2D eigenvalue weighted by molar-refractivity contribution is 8.00. The zero-order valence-electron chi connectivity index (χ0n) is 12.2. The van der Waals surface area contributed by atoms with E-state index in [0.29, 0.717) is 5.56 Å². The maximum absolute atomic E-state index is 12.0. The van der Waals surface area contributed by atoms with Gasteiger partial charge in [-0.25, -0.2) is 11.4 Å². The third-order valence-corrected chi connectivity index (χ3v) is 3.91. The third-order valence-electron chi connectivity index (χ3n) is 2.77. The fourth-order valence-corrected chi connectivity index (χ4v) is 2.54. The standard InChI is InChI=1S/C15H16N2O4S/c1-10(18)12(9-22-14(16-2)15(20)21-3)17-13(19)11-7-5-4-6-8-11/h4-8,12,14H,9H2,1,3H3,(H,17,19)/t12-,14?/m1/s1. The Hall–Kier alpha value is -2.33. The van der Waals surface area contributed by atoms with Gasteiger partial charge >= 0.3 is 11.3 Å². The molecule has 1 rings (SSSR count). The monoisotopic (exact) mass is 320 g/mol. The molecule has 1 N–H and O–H groups in total. The second kappa shape index (κ2) is 8.85. The molecule has 0 saturated carbocycles. The molecule has 1 aromatic rings. The lowest BCUT2D eigenvalue weighted by atomic mass is 10.2. The van der Waals surface area contributed by atoms with E-state index in [1.54, 1.807) is 30.3 Å². The Morgan fingerprint density at radius 3 is 2.45 bits per heavy atom. The van der Waals surface area contributed by atoms with Gasteiger partial charge in [-0.3, -0.25) is 14.4 Å². The molecule has 0 heterocycles. The van der Waals surface area contributed by atoms with Gasteiger partial charge in [-0.05, 0) is 19.1 Å². The Kier molecular flexibility index (Phi) is 7.13. The fraction of sp³-hybridized carbons (Fsp3) is 0.333. The van der Waals surface area contributed by atoms with Crippen molar-refractivity contribution in [3.05, 3.63) is 47.3 Å². The molecule has 0 aliphatic carbocycles. The SMILES string of the molecule is [C-]#[N+]C(SC[C@@H](NC(=O)c1ccccc1)C(C)=O)C(=O)OC. The molecule has 2 atom stereocenters. The summed E-state index contributed by atoms with van der Waals surface area (Å²) in [7, 11) is 1.20. The third kappa shape index (κ3) is 5.22. The minimum Gasteiger partial charge on any atom is -0.463 e. The van der Waals surface area contributed by atoms with Crippen LogP contribution in [0.5, 0.6) is 0 Å². The van der Waals surface area contributed by atoms with Crippen molar-refractivity contribution in [2.24, 2.45) is 0 Å². The lowest BCUT2D eigenvalue weighted by Crippen LogP contribution is -2.42. The number of carbonyl (C=O) groups is 3. The van der Waals surface area contributed by atoms with Crippen molar-refractivity contribution in [3.8, 4) is 0 Å². The molecule has 116 valence electrons. The largest absolute Gasteiger partial charge is 0.463 e. The Labute approximate surface area is 133 Å². The van der Waals surface area contributed by atoms with Crippen LogP contribution in [0.15, 0.2) is 30.3 Å². The number of hydrogen-bond donors (Lipinski definition) is 1. The van der Waals surface area contributed by atoms with Gasteiger partial charge in [0, 0.05) is 11.3 Å². The second-order valence-electron chi connectivity index (χ2n) is 4.34. The van der Waals surface area contributed by atoms with E-state index < -0.39 is 17.4 Å². The summed E-state index contributed by atoms with van der Waals surface area (Å²) in [5, 5.41) is 1.56. The fourth-order valence-electron chi connectivity index (χ4n) is 1.54. The molecule has 0 bridgehead atoms. The van der Waals surface area contributed by atoms with E-state index in [4.69, 9.17) is 6.57 Å². The highest BCUT2D eigenvalue weighted by atomic mass is 32.2. The summed E-state index contributed by atoms with van der Waals surface area (Å²) in [5.41, 5.74) is 0.438. The number of methoxy groups -OCH3 is 1. The molecule has 1 aromatic carbocycles. The number of esters is 1. The number of nitrogens with one attached hydrogen (secondary N) is 1. The van der Waals surface area contributed by atoms with Crippen molar-refractivity contribution < 1.29 is 19.1 Å². The zero-order chi connectivity index (χ0) is 16.5. The van der Waals surface area contributed by atoms with Crippen LogP contribution in [0.4, 0.5) is 0 Å². The van der Waals surface area contributed by atoms with E-state index >= 15 is 0 Å². The van der Waals surface area contributed by atoms with Crippen LogP contribution in [0.3, 0.4) is 0 Å². The molecule has 6 nitrogen and oxygen atoms in total. The summed E-state index contributed by atoms with van der Waals surface area (Å²) in [6, 6.07) is 7.72. The predicted molar refractivity (Wildman–Crippen MR) is 83.2 cm³/mol. The lowest BCUT2D eigenvalue weighted by Gasteiger charge is -2.15. The quantitative estimate of drug-likeness (QED) is 0.609. The van der Waals surface area contributed by atoms with Crippen LogP contribution in [0.25, 0.3) is 4.85 Å². The smallest absolute Gasteiger partial charge is 0.401 e. The van der Waals surface area contributed by atoms with Crippen LogP contribution in [-0.2, 0) is 14.3 Å². The van der Waals surface area contributed by atoms with Gasteiger partial charge in [0.2, 0.25) is 0 Å². The minimum absolute atomic E-state index is 0.121. The Morgan fingerprint density at radius 1 is 1.32 bits per heavy atom. The van der Waals surface area contributed by atoms with Gasteiger partial charge < -0.3 is 10.1 Å². The van der Waals surface area contributed by atoms with E-state index in [0.717, 1.165) is 11.8 Å². The number of nitrogens with zero attached hydrogens (tertiary/aromatic N) is 1. The van der Waals surface area contributed by atoms with Gasteiger partial charge in [0.05, 0.1) is 13.2 Å². The molecule has 1 amide bonds. The maximum Gasteiger partial charge on any atom is 0.401 e. The molecule has 0 radical (unpaired) electrons. The first kappa shape index (κ1) is 17.7. The Morgan fingerprint density at radius 2 is 1.95 bits per heavy atom. The average molecular weight is 320 g/mol. The molecule has 22 heavy (non-hydrogen) atoms. The molecule has 0 saturated heterocycles. The number of ketones is 1. The topological polar surface area (TPSA) is 76.8 Å². The number of carbonyl (C=O) groups excluding carboxylic acids is 3. The van der Waals surface area contributed by atoms with Crippen LogP contribution >= 0.6 is 11.8 Å². The van der Waals surface area contributed by atoms with Crippen molar-refractivity contribution >= 4 is 29.4 Å². The molecule has 0 aliphatic heterocycles. The molecule has 0 fully saturated rings. The van der Waals surface area contributed by atoms with Crippen molar-refractivity contribution in [1.29, 1.82) is 0 Å². The first-order valence-electron chi connectivity index (χ1n) is 6.42. The average Bonchev–Trinajstić information content (AvgIpc) is 2.54. The molecular weight excluding hydrogens is 304 g/mol. The van der Waals surface area contributed by atoms with E-state index in [2.05, 4.69) is 14.9 Å². The first-order valence-corrected chi connectivity index (χ1v) is 7.46. The van der Waals surface area contributed by atoms with E-state index in [1.165, 1.54) is 14.0 Å². The van der Waals surface area contributed by atoms with Gasteiger partial charge in [-0.15, -0.1) is 0 Å². The molecular formula is C15H16N2O4S. The van der Waals surface area contributed by atoms with Gasteiger partial charge in [0.15, 0.2) is 5.78 Å². The van der Waals surface area contributed by atoms with Crippen molar-refractivity contribution in [2.75, 3.05) is 12.9 Å². The Balaban J connectivity index is 2.67. The summed E-state index contributed by atoms with van der Waals surface area (Å²) < 4.78 is 4.50. The number of amides is 1. The summed E-state index contributed by atoms with van der Waals surface area (Å²) in [6.07, 6.45) is 0. The number of thioether (sulfide) groups is 1. The molecule has 1 unspecified atom stereocenters. The zero-order valence-corrected chi connectivity index (χ0v) is 13.1. The predicted octanol–water partition coefficient (Wildman–Crippen LogP) is 1.53. The van der Waals surface area contributed by atoms with E-state index in [1.807, 2.05) is 0 Å². The maximum atomic E-state index is 12.0. The van der Waals surface area contributed by atoms with Crippen molar-refractivity contribution in [3.63, 3.8) is 0 Å². The number of ether oxygens (including phenoxy) is 1. The Bertz CT molecular complexity index is 583. The van der Waals surface area contributed by atoms with Gasteiger partial charge in [-0.1, -0.05) is 30.0 Å². The highest BCUT2D eigenvalue weighted by Crippen LogP contribution is 2.16. The van der Waals surface area contributed by atoms with Crippen LogP contribution in [0, 0.1) is 6.57 Å². The number of rotatable bonds is 7. The van der Waals surface area contributed by atoms with E-state index in [-0.39, 0.29) is 17.4 Å². The lowest BCUT2D eigenvalue weighted by molar-refractivity contribution is -0.139. The normalized spacial score (nSPS) is 12.6. The first-order chi connectivity index (χ1) is 10.5. The highest BCUT2D eigenvalue weighted by Gasteiger charge is 2.28. The number of Topliss-reactive ketones (excluding diaryl/α,β-unsaturated/α-hetero) is 1. The van der Waals surface area contributed by atoms with Gasteiger partial charge in [0.1, 0.15) is 0 Å². The van der Waals surface area contributed by atoms with Crippen LogP contribution in [0.2, 0.25) is 0 Å². The molecule has 7 heteroatoms. The number of benzene rings is 1. The van der Waals surface area contributed by atoms with Crippen LogP contribution < -0.4 is 5.32 Å². The summed E-state index contributed by atoms with van der Waals surface area (Å²) >= 11 is 0.964. The molecule has 0 aliphatic rings. The van der Waals surface area contributed by atoms with Crippen LogP contribution in [-0.4, -0.2) is 41.9 Å². The number of hydrogen-bond acceptors (Lipinski definition) is 5. The summed E-state index contributed by atoms with van der Waals surface area (Å²) in [4.78, 5) is 38.2. The second-order valence-corrected chi connectivity index (χ2v) is 5.45. The summed E-state index contributed by atoms with van der Waals surface area (Å²) in [5.74, 6) is -1.17. The minimum atomic E-state index is -1.04. The van der Waals surface area contributed by atoms with Gasteiger partial charge in [0.25, 0.3) is 5.91 Å².